The van der Waals surface area contributed by atoms with Crippen molar-refractivity contribution in [1.82, 2.24) is 10.2 Å². The van der Waals surface area contributed by atoms with Gasteiger partial charge in [-0.3, -0.25) is 4.79 Å². The van der Waals surface area contributed by atoms with Gasteiger partial charge in [0.05, 0.1) is 19.2 Å². The fourth-order valence-corrected chi connectivity index (χ4v) is 1.20. The number of rotatable bonds is 7. The minimum Gasteiger partial charge on any atom is -0.480 e. The summed E-state index contributed by atoms with van der Waals surface area (Å²) in [7, 11) is 1.53. The number of nitrogens with zero attached hydrogens (tertiary/aromatic N) is 1. The van der Waals surface area contributed by atoms with Crippen molar-refractivity contribution < 1.29 is 19.4 Å². The second-order valence-electron chi connectivity index (χ2n) is 3.46. The van der Waals surface area contributed by atoms with Gasteiger partial charge < -0.3 is 20.1 Å². The van der Waals surface area contributed by atoms with Gasteiger partial charge in [-0.25, -0.2) is 4.79 Å². The molecule has 0 aliphatic heterocycles. The molecule has 0 bridgehead atoms. The standard InChI is InChI=1S/C11H18N2O4/c1-4-6-13(7-10(14)15)11(16)12-9(5-2)8-17-3/h1,9H,5-8H2,2-3H3,(H,12,16)(H,14,15). The highest BCUT2D eigenvalue weighted by molar-refractivity contribution is 5.80. The largest absolute Gasteiger partial charge is 0.480 e. The summed E-state index contributed by atoms with van der Waals surface area (Å²) in [6.07, 6.45) is 5.77. The average molecular weight is 242 g/mol. The SMILES string of the molecule is C#CCN(CC(=O)O)C(=O)NC(CC)COC. The van der Waals surface area contributed by atoms with E-state index in [1.807, 2.05) is 6.92 Å². The van der Waals surface area contributed by atoms with Gasteiger partial charge in [-0.15, -0.1) is 6.42 Å². The Kier molecular flexibility index (Phi) is 7.55. The first-order chi connectivity index (χ1) is 8.04. The number of hydrogen-bond donors (Lipinski definition) is 2. The van der Waals surface area contributed by atoms with Crippen LogP contribution >= 0.6 is 0 Å². The van der Waals surface area contributed by atoms with Gasteiger partial charge in [0.25, 0.3) is 0 Å². The molecular weight excluding hydrogens is 224 g/mol. The molecule has 0 radical (unpaired) electrons. The van der Waals surface area contributed by atoms with E-state index in [0.29, 0.717) is 13.0 Å². The van der Waals surface area contributed by atoms with Gasteiger partial charge >= 0.3 is 12.0 Å². The van der Waals surface area contributed by atoms with E-state index in [2.05, 4.69) is 11.2 Å². The highest BCUT2D eigenvalue weighted by Gasteiger charge is 2.18. The van der Waals surface area contributed by atoms with E-state index in [1.54, 1.807) is 0 Å². The lowest BCUT2D eigenvalue weighted by atomic mass is 10.2. The van der Waals surface area contributed by atoms with Crippen LogP contribution in [0.3, 0.4) is 0 Å². The third-order valence-corrected chi connectivity index (χ3v) is 2.08. The van der Waals surface area contributed by atoms with Crippen molar-refractivity contribution in [2.24, 2.45) is 0 Å². The van der Waals surface area contributed by atoms with Gasteiger partial charge in [0, 0.05) is 7.11 Å². The molecule has 0 rings (SSSR count). The molecule has 6 heteroatoms. The lowest BCUT2D eigenvalue weighted by Crippen LogP contribution is -2.48. The first-order valence-corrected chi connectivity index (χ1v) is 5.24. The van der Waals surface area contributed by atoms with Gasteiger partial charge in [0.1, 0.15) is 6.54 Å². The predicted octanol–water partition coefficient (Wildman–Crippen LogP) is 0.141. The molecular formula is C11H18N2O4. The lowest BCUT2D eigenvalue weighted by molar-refractivity contribution is -0.137. The van der Waals surface area contributed by atoms with Crippen molar-refractivity contribution in [3.8, 4) is 12.3 Å². The van der Waals surface area contributed by atoms with Crippen LogP contribution < -0.4 is 5.32 Å². The Hall–Kier alpha value is -1.74. The summed E-state index contributed by atoms with van der Waals surface area (Å²) in [5.41, 5.74) is 0. The number of carbonyl (C=O) groups excluding carboxylic acids is 1. The maximum absolute atomic E-state index is 11.7. The number of nitrogens with one attached hydrogen (secondary N) is 1. The van der Waals surface area contributed by atoms with E-state index in [-0.39, 0.29) is 12.6 Å². The smallest absolute Gasteiger partial charge is 0.323 e. The number of methoxy groups -OCH3 is 1. The summed E-state index contributed by atoms with van der Waals surface area (Å²) >= 11 is 0. The molecule has 6 nitrogen and oxygen atoms in total. The molecule has 0 heterocycles. The van der Waals surface area contributed by atoms with Crippen molar-refractivity contribution in [3.63, 3.8) is 0 Å². The second kappa shape index (κ2) is 8.42. The first-order valence-electron chi connectivity index (χ1n) is 5.24. The number of aliphatic carboxylic acids is 1. The van der Waals surface area contributed by atoms with E-state index >= 15 is 0 Å². The molecule has 17 heavy (non-hydrogen) atoms. The molecule has 2 amide bonds. The minimum absolute atomic E-state index is 0.0401. The number of urea groups is 1. The maximum Gasteiger partial charge on any atom is 0.323 e. The fourth-order valence-electron chi connectivity index (χ4n) is 1.20. The van der Waals surface area contributed by atoms with Crippen molar-refractivity contribution in [2.75, 3.05) is 26.8 Å². The zero-order chi connectivity index (χ0) is 13.3. The highest BCUT2D eigenvalue weighted by atomic mass is 16.5. The monoisotopic (exact) mass is 242 g/mol. The molecule has 0 aromatic rings. The van der Waals surface area contributed by atoms with Crippen LogP contribution in [0.1, 0.15) is 13.3 Å². The summed E-state index contributed by atoms with van der Waals surface area (Å²) in [4.78, 5) is 23.3. The topological polar surface area (TPSA) is 78.9 Å². The van der Waals surface area contributed by atoms with Crippen molar-refractivity contribution >= 4 is 12.0 Å². The molecule has 2 N–H and O–H groups in total. The summed E-state index contributed by atoms with van der Waals surface area (Å²) in [5.74, 6) is 1.15. The van der Waals surface area contributed by atoms with Gasteiger partial charge in [0.2, 0.25) is 0 Å². The third-order valence-electron chi connectivity index (χ3n) is 2.08. The first kappa shape index (κ1) is 15.3. The van der Waals surface area contributed by atoms with Gasteiger partial charge in [-0.1, -0.05) is 12.8 Å². The fraction of sp³-hybridized carbons (Fsp3) is 0.636. The zero-order valence-corrected chi connectivity index (χ0v) is 10.1. The number of ether oxygens (including phenoxy) is 1. The van der Waals surface area contributed by atoms with Crippen molar-refractivity contribution in [1.29, 1.82) is 0 Å². The number of carboxylic acids is 1. The van der Waals surface area contributed by atoms with Crippen LogP contribution in [-0.4, -0.2) is 54.9 Å². The Bertz CT molecular complexity index is 298. The third kappa shape index (κ3) is 6.43. The van der Waals surface area contributed by atoms with Crippen LogP contribution in [0.5, 0.6) is 0 Å². The van der Waals surface area contributed by atoms with Crippen LogP contribution in [0.2, 0.25) is 0 Å². The lowest BCUT2D eigenvalue weighted by Gasteiger charge is -2.22. The molecule has 0 aromatic heterocycles. The number of amides is 2. The number of carbonyl (C=O) groups is 2. The van der Waals surface area contributed by atoms with Gasteiger partial charge in [0.15, 0.2) is 0 Å². The minimum atomic E-state index is -1.10. The molecule has 0 fully saturated rings. The molecule has 96 valence electrons. The highest BCUT2D eigenvalue weighted by Crippen LogP contribution is 1.95. The Morgan fingerprint density at radius 1 is 1.59 bits per heavy atom. The van der Waals surface area contributed by atoms with E-state index in [9.17, 15) is 9.59 Å². The molecule has 0 saturated heterocycles. The summed E-state index contributed by atoms with van der Waals surface area (Å²) in [6.45, 7) is 1.81. The van der Waals surface area contributed by atoms with Crippen LogP contribution in [0.25, 0.3) is 0 Å². The summed E-state index contributed by atoms with van der Waals surface area (Å²) < 4.78 is 4.93. The molecule has 1 unspecified atom stereocenters. The van der Waals surface area contributed by atoms with E-state index < -0.39 is 18.5 Å². The normalized spacial score (nSPS) is 11.4. The predicted molar refractivity (Wildman–Crippen MR) is 62.5 cm³/mol. The number of hydrogen-bond acceptors (Lipinski definition) is 3. The van der Waals surface area contributed by atoms with E-state index in [4.69, 9.17) is 16.3 Å². The Balaban J connectivity index is 4.39. The molecule has 1 atom stereocenters. The number of terminal acetylenes is 1. The van der Waals surface area contributed by atoms with Gasteiger partial charge in [-0.05, 0) is 6.42 Å². The van der Waals surface area contributed by atoms with Crippen molar-refractivity contribution in [3.05, 3.63) is 0 Å². The second-order valence-corrected chi connectivity index (χ2v) is 3.46. The van der Waals surface area contributed by atoms with Gasteiger partial charge in [-0.2, -0.15) is 0 Å². The summed E-state index contributed by atoms with van der Waals surface area (Å²) in [5, 5.41) is 11.3. The molecule has 0 aromatic carbocycles. The Labute approximate surface area is 101 Å². The van der Waals surface area contributed by atoms with E-state index in [1.165, 1.54) is 7.11 Å². The molecule has 0 aliphatic carbocycles. The average Bonchev–Trinajstić information content (AvgIpc) is 2.27. The van der Waals surface area contributed by atoms with E-state index in [0.717, 1.165) is 4.90 Å². The Morgan fingerprint density at radius 2 is 2.24 bits per heavy atom. The molecule has 0 aliphatic rings. The molecule has 0 saturated carbocycles. The maximum atomic E-state index is 11.7. The van der Waals surface area contributed by atoms with Crippen LogP contribution in [0.4, 0.5) is 4.79 Å². The van der Waals surface area contributed by atoms with Crippen LogP contribution in [-0.2, 0) is 9.53 Å². The quantitative estimate of drug-likeness (QED) is 0.622. The van der Waals surface area contributed by atoms with Crippen LogP contribution in [0, 0.1) is 12.3 Å². The van der Waals surface area contributed by atoms with Crippen LogP contribution in [0.15, 0.2) is 0 Å². The number of carboxylic acid groups (broad SMARTS) is 1. The zero-order valence-electron chi connectivity index (χ0n) is 10.1. The Morgan fingerprint density at radius 3 is 2.65 bits per heavy atom. The van der Waals surface area contributed by atoms with Crippen molar-refractivity contribution in [2.45, 2.75) is 19.4 Å². The molecule has 0 spiro atoms. The summed E-state index contributed by atoms with van der Waals surface area (Å²) in [6, 6.07) is -0.643.